The number of aromatic nitrogens is 3. The summed E-state index contributed by atoms with van der Waals surface area (Å²) in [4.78, 5) is 11.6. The van der Waals surface area contributed by atoms with E-state index in [0.717, 1.165) is 19.3 Å². The minimum Gasteiger partial charge on any atom is -0.350 e. The summed E-state index contributed by atoms with van der Waals surface area (Å²) in [6, 6.07) is 0. The Labute approximate surface area is 95.0 Å². The van der Waals surface area contributed by atoms with E-state index < -0.39 is 0 Å². The molecule has 6 heteroatoms. The monoisotopic (exact) mass is 225 g/mol. The molecule has 1 aromatic heterocycles. The number of nitrogens with one attached hydrogen (secondary N) is 2. The predicted molar refractivity (Wildman–Crippen MR) is 60.8 cm³/mol. The summed E-state index contributed by atoms with van der Waals surface area (Å²) < 4.78 is 0. The summed E-state index contributed by atoms with van der Waals surface area (Å²) in [5.41, 5.74) is 5.84. The Morgan fingerprint density at radius 3 is 3.00 bits per heavy atom. The van der Waals surface area contributed by atoms with Gasteiger partial charge in [0.25, 0.3) is 5.91 Å². The average molecular weight is 225 g/mol. The fraction of sp³-hybridized carbons (Fsp3) is 0.700. The van der Waals surface area contributed by atoms with Crippen molar-refractivity contribution in [1.29, 1.82) is 0 Å². The maximum absolute atomic E-state index is 11.6. The number of amides is 1. The van der Waals surface area contributed by atoms with Crippen LogP contribution >= 0.6 is 0 Å². The topological polar surface area (TPSA) is 96.7 Å². The van der Waals surface area contributed by atoms with Crippen molar-refractivity contribution in [2.24, 2.45) is 11.7 Å². The highest BCUT2D eigenvalue weighted by Crippen LogP contribution is 2.08. The van der Waals surface area contributed by atoms with Crippen LogP contribution in [0.1, 0.15) is 36.7 Å². The number of carbonyl (C=O) groups is 1. The summed E-state index contributed by atoms with van der Waals surface area (Å²) in [7, 11) is 0. The van der Waals surface area contributed by atoms with Crippen molar-refractivity contribution >= 4 is 5.91 Å². The molecule has 0 bridgehead atoms. The largest absolute Gasteiger partial charge is 0.350 e. The Bertz CT molecular complexity index is 292. The second-order valence-electron chi connectivity index (χ2n) is 3.80. The molecule has 1 aromatic rings. The van der Waals surface area contributed by atoms with Gasteiger partial charge in [-0.25, -0.2) is 0 Å². The van der Waals surface area contributed by atoms with Gasteiger partial charge in [-0.1, -0.05) is 13.3 Å². The van der Waals surface area contributed by atoms with Gasteiger partial charge in [0.15, 0.2) is 5.69 Å². The number of nitrogens with two attached hydrogens (primary N) is 1. The molecule has 0 saturated carbocycles. The molecule has 0 saturated heterocycles. The molecule has 1 heterocycles. The summed E-state index contributed by atoms with van der Waals surface area (Å²) in [6.07, 6.45) is 4.53. The molecule has 1 unspecified atom stereocenters. The second kappa shape index (κ2) is 6.95. The number of hydrogen-bond donors (Lipinski definition) is 3. The first kappa shape index (κ1) is 12.6. The van der Waals surface area contributed by atoms with Crippen LogP contribution in [0, 0.1) is 5.92 Å². The van der Waals surface area contributed by atoms with Crippen LogP contribution < -0.4 is 11.1 Å². The molecule has 16 heavy (non-hydrogen) atoms. The first-order valence-corrected chi connectivity index (χ1v) is 5.62. The van der Waals surface area contributed by atoms with E-state index in [0.29, 0.717) is 24.7 Å². The second-order valence-corrected chi connectivity index (χ2v) is 3.80. The highest BCUT2D eigenvalue weighted by atomic mass is 16.1. The maximum atomic E-state index is 11.6. The van der Waals surface area contributed by atoms with Gasteiger partial charge in [-0.05, 0) is 25.3 Å². The molecule has 6 nitrogen and oxygen atoms in total. The van der Waals surface area contributed by atoms with Crippen LogP contribution in [0.3, 0.4) is 0 Å². The molecule has 0 fully saturated rings. The molecule has 0 aliphatic rings. The van der Waals surface area contributed by atoms with Gasteiger partial charge in [-0.3, -0.25) is 4.79 Å². The van der Waals surface area contributed by atoms with Crippen LogP contribution in [0.5, 0.6) is 0 Å². The van der Waals surface area contributed by atoms with Gasteiger partial charge in [0.1, 0.15) is 0 Å². The number of hydrogen-bond acceptors (Lipinski definition) is 4. The van der Waals surface area contributed by atoms with Crippen molar-refractivity contribution in [3.05, 3.63) is 11.9 Å². The van der Waals surface area contributed by atoms with Crippen LogP contribution in [0.2, 0.25) is 0 Å². The lowest BCUT2D eigenvalue weighted by atomic mass is 10.00. The number of aromatic amines is 1. The molecule has 0 radical (unpaired) electrons. The van der Waals surface area contributed by atoms with E-state index >= 15 is 0 Å². The first-order valence-electron chi connectivity index (χ1n) is 5.62. The molecule has 0 aliphatic carbocycles. The lowest BCUT2D eigenvalue weighted by Crippen LogP contribution is -2.30. The maximum Gasteiger partial charge on any atom is 0.273 e. The van der Waals surface area contributed by atoms with Crippen molar-refractivity contribution in [1.82, 2.24) is 20.7 Å². The van der Waals surface area contributed by atoms with Crippen molar-refractivity contribution in [2.75, 3.05) is 13.1 Å². The van der Waals surface area contributed by atoms with Crippen LogP contribution in [0.15, 0.2) is 6.20 Å². The zero-order chi connectivity index (χ0) is 11.8. The Balaban J connectivity index is 2.34. The predicted octanol–water partition coefficient (Wildman–Crippen LogP) is 0.300. The molecule has 1 atom stereocenters. The minimum absolute atomic E-state index is 0.188. The van der Waals surface area contributed by atoms with E-state index in [-0.39, 0.29) is 5.91 Å². The van der Waals surface area contributed by atoms with Gasteiger partial charge in [-0.15, -0.1) is 0 Å². The van der Waals surface area contributed by atoms with E-state index in [4.69, 9.17) is 5.73 Å². The highest BCUT2D eigenvalue weighted by Gasteiger charge is 2.11. The summed E-state index contributed by atoms with van der Waals surface area (Å²) >= 11 is 0. The molecule has 1 amide bonds. The summed E-state index contributed by atoms with van der Waals surface area (Å²) in [5.74, 6) is 0.262. The van der Waals surface area contributed by atoms with Crippen LogP contribution in [0.4, 0.5) is 0 Å². The fourth-order valence-electron chi connectivity index (χ4n) is 1.63. The number of carbonyl (C=O) groups excluding carboxylic acids is 1. The highest BCUT2D eigenvalue weighted by molar-refractivity contribution is 5.91. The average Bonchev–Trinajstić information content (AvgIpc) is 2.79. The van der Waals surface area contributed by atoms with Crippen molar-refractivity contribution in [2.45, 2.75) is 26.2 Å². The number of nitrogens with zero attached hydrogens (tertiary/aromatic N) is 2. The Kier molecular flexibility index (Phi) is 5.49. The third kappa shape index (κ3) is 3.98. The zero-order valence-electron chi connectivity index (χ0n) is 9.57. The SMILES string of the molecule is CCCC(CCN)CNC(=O)c1cn[nH]n1. The van der Waals surface area contributed by atoms with Gasteiger partial charge in [0, 0.05) is 6.54 Å². The smallest absolute Gasteiger partial charge is 0.273 e. The summed E-state index contributed by atoms with van der Waals surface area (Å²) in [6.45, 7) is 3.43. The van der Waals surface area contributed by atoms with E-state index in [2.05, 4.69) is 27.7 Å². The van der Waals surface area contributed by atoms with Gasteiger partial charge < -0.3 is 11.1 Å². The van der Waals surface area contributed by atoms with E-state index in [1.807, 2.05) is 0 Å². The van der Waals surface area contributed by atoms with Crippen LogP contribution in [-0.2, 0) is 0 Å². The van der Waals surface area contributed by atoms with E-state index in [1.54, 1.807) is 0 Å². The molecular formula is C10H19N5O. The normalized spacial score (nSPS) is 12.4. The minimum atomic E-state index is -0.188. The van der Waals surface area contributed by atoms with Crippen molar-refractivity contribution < 1.29 is 4.79 Å². The van der Waals surface area contributed by atoms with Gasteiger partial charge >= 0.3 is 0 Å². The third-order valence-electron chi connectivity index (χ3n) is 2.47. The van der Waals surface area contributed by atoms with Gasteiger partial charge in [0.05, 0.1) is 6.20 Å². The van der Waals surface area contributed by atoms with Gasteiger partial charge in [0.2, 0.25) is 0 Å². The number of H-pyrrole nitrogens is 1. The third-order valence-corrected chi connectivity index (χ3v) is 2.47. The quantitative estimate of drug-likeness (QED) is 0.621. The van der Waals surface area contributed by atoms with Gasteiger partial charge in [-0.2, -0.15) is 15.4 Å². The lowest BCUT2D eigenvalue weighted by molar-refractivity contribution is 0.0940. The van der Waals surface area contributed by atoms with Crippen LogP contribution in [0.25, 0.3) is 0 Å². The van der Waals surface area contributed by atoms with Crippen molar-refractivity contribution in [3.63, 3.8) is 0 Å². The molecule has 90 valence electrons. The summed E-state index contributed by atoms with van der Waals surface area (Å²) in [5, 5.41) is 12.5. The number of rotatable bonds is 7. The molecular weight excluding hydrogens is 206 g/mol. The van der Waals surface area contributed by atoms with E-state index in [1.165, 1.54) is 6.20 Å². The Hall–Kier alpha value is -1.43. The molecule has 4 N–H and O–H groups in total. The molecule has 0 aromatic carbocycles. The van der Waals surface area contributed by atoms with Crippen LogP contribution in [-0.4, -0.2) is 34.4 Å². The standard InChI is InChI=1S/C10H19N5O/c1-2-3-8(4-5-11)6-12-10(16)9-7-13-15-14-9/h7-8H,2-6,11H2,1H3,(H,12,16)(H,13,14,15). The first-order chi connectivity index (χ1) is 7.77. The fourth-order valence-corrected chi connectivity index (χ4v) is 1.63. The molecule has 1 rings (SSSR count). The molecule has 0 aliphatic heterocycles. The van der Waals surface area contributed by atoms with Crippen molar-refractivity contribution in [3.8, 4) is 0 Å². The molecule has 0 spiro atoms. The Morgan fingerprint density at radius 1 is 1.62 bits per heavy atom. The lowest BCUT2D eigenvalue weighted by Gasteiger charge is -2.15. The zero-order valence-corrected chi connectivity index (χ0v) is 9.57. The van der Waals surface area contributed by atoms with E-state index in [9.17, 15) is 4.79 Å². The Morgan fingerprint density at radius 2 is 2.44 bits per heavy atom.